The van der Waals surface area contributed by atoms with Gasteiger partial charge >= 0.3 is 6.03 Å². The Labute approximate surface area is 178 Å². The number of urea groups is 1. The molecule has 2 aliphatic rings. The lowest BCUT2D eigenvalue weighted by Crippen LogP contribution is -2.51. The summed E-state index contributed by atoms with van der Waals surface area (Å²) >= 11 is 0. The Kier molecular flexibility index (Phi) is 5.71. The van der Waals surface area contributed by atoms with Gasteiger partial charge in [0.15, 0.2) is 0 Å². The van der Waals surface area contributed by atoms with Gasteiger partial charge in [-0.3, -0.25) is 14.9 Å². The lowest BCUT2D eigenvalue weighted by molar-refractivity contribution is -0.130. The second kappa shape index (κ2) is 8.45. The number of carbonyl (C=O) groups excluding carboxylic acids is 3. The monoisotopic (exact) mass is 427 g/mol. The van der Waals surface area contributed by atoms with Crippen LogP contribution in [0.1, 0.15) is 42.9 Å². The van der Waals surface area contributed by atoms with Gasteiger partial charge in [-0.05, 0) is 67.5 Å². The van der Waals surface area contributed by atoms with E-state index in [-0.39, 0.29) is 23.5 Å². The smallest absolute Gasteiger partial charge is 0.322 e. The first kappa shape index (κ1) is 21.0. The van der Waals surface area contributed by atoms with E-state index in [4.69, 9.17) is 0 Å². The number of benzene rings is 2. The molecule has 1 spiro atoms. The average Bonchev–Trinajstić information content (AvgIpc) is 3.00. The van der Waals surface area contributed by atoms with Crippen LogP contribution < -0.4 is 16.0 Å². The van der Waals surface area contributed by atoms with Crippen LogP contribution in [0.2, 0.25) is 0 Å². The zero-order chi connectivity index (χ0) is 22.0. The van der Waals surface area contributed by atoms with Gasteiger partial charge in [0, 0.05) is 5.92 Å². The Hall–Kier alpha value is -3.29. The van der Waals surface area contributed by atoms with Crippen LogP contribution in [0.3, 0.4) is 0 Å². The van der Waals surface area contributed by atoms with Gasteiger partial charge in [-0.2, -0.15) is 0 Å². The molecule has 2 fully saturated rings. The third kappa shape index (κ3) is 4.57. The number of nitrogens with one attached hydrogen (secondary N) is 3. The summed E-state index contributed by atoms with van der Waals surface area (Å²) in [5.74, 6) is -1.68. The normalized spacial score (nSPS) is 23.9. The minimum atomic E-state index is -0.933. The average molecular weight is 427 g/mol. The van der Waals surface area contributed by atoms with Crippen molar-refractivity contribution < 1.29 is 23.2 Å². The van der Waals surface area contributed by atoms with Crippen molar-refractivity contribution in [3.63, 3.8) is 0 Å². The van der Waals surface area contributed by atoms with Crippen LogP contribution in [0.4, 0.5) is 13.6 Å². The molecule has 1 unspecified atom stereocenters. The molecule has 1 heterocycles. The Morgan fingerprint density at radius 3 is 2.35 bits per heavy atom. The van der Waals surface area contributed by atoms with Crippen LogP contribution in [0.5, 0.6) is 0 Å². The molecular formula is C23H23F2N3O3. The van der Waals surface area contributed by atoms with Crippen molar-refractivity contribution in [2.75, 3.05) is 0 Å². The Balaban J connectivity index is 1.47. The van der Waals surface area contributed by atoms with Crippen LogP contribution >= 0.6 is 0 Å². The highest BCUT2D eigenvalue weighted by atomic mass is 19.1. The van der Waals surface area contributed by atoms with Gasteiger partial charge in [-0.25, -0.2) is 13.6 Å². The van der Waals surface area contributed by atoms with Gasteiger partial charge < -0.3 is 10.6 Å². The van der Waals surface area contributed by atoms with Crippen LogP contribution in [-0.4, -0.2) is 23.4 Å². The summed E-state index contributed by atoms with van der Waals surface area (Å²) in [5, 5.41) is 7.92. The van der Waals surface area contributed by atoms with Crippen LogP contribution in [0, 0.1) is 17.6 Å². The first-order valence-electron chi connectivity index (χ1n) is 10.3. The van der Waals surface area contributed by atoms with Crippen LogP contribution in [-0.2, 0) is 16.0 Å². The lowest BCUT2D eigenvalue weighted by Gasteiger charge is -2.34. The molecule has 0 bridgehead atoms. The molecule has 3 N–H and O–H groups in total. The van der Waals surface area contributed by atoms with Gasteiger partial charge in [-0.1, -0.05) is 24.3 Å². The lowest BCUT2D eigenvalue weighted by atomic mass is 9.76. The number of hydrogen-bond donors (Lipinski definition) is 3. The first-order chi connectivity index (χ1) is 14.8. The quantitative estimate of drug-likeness (QED) is 0.641. The number of carbonyl (C=O) groups is 3. The van der Waals surface area contributed by atoms with E-state index < -0.39 is 23.4 Å². The Morgan fingerprint density at radius 1 is 1.06 bits per heavy atom. The summed E-state index contributed by atoms with van der Waals surface area (Å²) in [5.41, 5.74) is 0.340. The molecule has 1 aliphatic carbocycles. The summed E-state index contributed by atoms with van der Waals surface area (Å²) in [6, 6.07) is 11.0. The van der Waals surface area contributed by atoms with E-state index in [1.165, 1.54) is 24.3 Å². The van der Waals surface area contributed by atoms with E-state index in [0.717, 1.165) is 0 Å². The molecular weight excluding hydrogens is 404 g/mol. The summed E-state index contributed by atoms with van der Waals surface area (Å²) < 4.78 is 27.4. The predicted octanol–water partition coefficient (Wildman–Crippen LogP) is 3.13. The van der Waals surface area contributed by atoms with Gasteiger partial charge in [0.25, 0.3) is 5.91 Å². The molecule has 1 saturated heterocycles. The number of rotatable bonds is 5. The SMILES string of the molecule is O=C1NC(=O)C2(CCC(C(=O)NC(Cc3cccc(F)c3)c3cccc(F)c3)CC2)N1. The third-order valence-electron chi connectivity index (χ3n) is 6.12. The van der Waals surface area contributed by atoms with Crippen LogP contribution in [0.25, 0.3) is 0 Å². The highest BCUT2D eigenvalue weighted by molar-refractivity contribution is 6.07. The van der Waals surface area contributed by atoms with Crippen molar-refractivity contribution in [2.24, 2.45) is 5.92 Å². The molecule has 1 aliphatic heterocycles. The number of halogens is 2. The molecule has 0 aromatic heterocycles. The fourth-order valence-electron chi connectivity index (χ4n) is 4.42. The molecule has 2 aromatic carbocycles. The zero-order valence-corrected chi connectivity index (χ0v) is 16.8. The number of imide groups is 1. The van der Waals surface area contributed by atoms with E-state index in [0.29, 0.717) is 43.2 Å². The molecule has 1 atom stereocenters. The van der Waals surface area contributed by atoms with E-state index in [1.54, 1.807) is 24.3 Å². The molecule has 162 valence electrons. The minimum Gasteiger partial charge on any atom is -0.349 e. The third-order valence-corrected chi connectivity index (χ3v) is 6.12. The van der Waals surface area contributed by atoms with Crippen molar-refractivity contribution in [3.05, 3.63) is 71.3 Å². The van der Waals surface area contributed by atoms with Gasteiger partial charge in [0.2, 0.25) is 5.91 Å². The van der Waals surface area contributed by atoms with Gasteiger partial charge in [-0.15, -0.1) is 0 Å². The highest BCUT2D eigenvalue weighted by Crippen LogP contribution is 2.35. The molecule has 31 heavy (non-hydrogen) atoms. The Morgan fingerprint density at radius 2 is 1.74 bits per heavy atom. The minimum absolute atomic E-state index is 0.203. The summed E-state index contributed by atoms with van der Waals surface area (Å²) in [6.07, 6.45) is 1.93. The standard InChI is InChI=1S/C23H23F2N3O3/c24-17-5-1-3-14(11-17)12-19(16-4-2-6-18(25)13-16)26-20(29)15-7-9-23(10-8-15)21(30)27-22(31)28-23/h1-6,11,13,15,19H,7-10,12H2,(H,26,29)(H2,27,28,30,31). The highest BCUT2D eigenvalue weighted by Gasteiger charge is 2.49. The van der Waals surface area contributed by atoms with E-state index in [9.17, 15) is 23.2 Å². The summed E-state index contributed by atoms with van der Waals surface area (Å²) in [4.78, 5) is 36.6. The molecule has 4 amide bonds. The summed E-state index contributed by atoms with van der Waals surface area (Å²) in [7, 11) is 0. The number of amides is 4. The van der Waals surface area contributed by atoms with Crippen molar-refractivity contribution in [2.45, 2.75) is 43.7 Å². The number of hydrogen-bond acceptors (Lipinski definition) is 3. The van der Waals surface area contributed by atoms with Crippen molar-refractivity contribution >= 4 is 17.8 Å². The Bertz CT molecular complexity index is 1020. The largest absolute Gasteiger partial charge is 0.349 e. The second-order valence-corrected chi connectivity index (χ2v) is 8.21. The predicted molar refractivity (Wildman–Crippen MR) is 109 cm³/mol. The van der Waals surface area contributed by atoms with Crippen molar-refractivity contribution in [1.82, 2.24) is 16.0 Å². The fourth-order valence-corrected chi connectivity index (χ4v) is 4.42. The first-order valence-corrected chi connectivity index (χ1v) is 10.3. The topological polar surface area (TPSA) is 87.3 Å². The molecule has 6 nitrogen and oxygen atoms in total. The van der Waals surface area contributed by atoms with Crippen molar-refractivity contribution in [1.29, 1.82) is 0 Å². The second-order valence-electron chi connectivity index (χ2n) is 8.21. The molecule has 4 rings (SSSR count). The zero-order valence-electron chi connectivity index (χ0n) is 16.8. The van der Waals surface area contributed by atoms with Crippen molar-refractivity contribution in [3.8, 4) is 0 Å². The maximum absolute atomic E-state index is 13.8. The molecule has 2 aromatic rings. The fraction of sp³-hybridized carbons (Fsp3) is 0.348. The van der Waals surface area contributed by atoms with E-state index in [1.807, 2.05) is 0 Å². The van der Waals surface area contributed by atoms with E-state index in [2.05, 4.69) is 16.0 Å². The van der Waals surface area contributed by atoms with Crippen LogP contribution in [0.15, 0.2) is 48.5 Å². The van der Waals surface area contributed by atoms with Gasteiger partial charge in [0.1, 0.15) is 17.2 Å². The molecule has 8 heteroatoms. The summed E-state index contributed by atoms with van der Waals surface area (Å²) in [6.45, 7) is 0. The molecule has 1 saturated carbocycles. The molecule has 0 radical (unpaired) electrons. The van der Waals surface area contributed by atoms with Gasteiger partial charge in [0.05, 0.1) is 6.04 Å². The maximum atomic E-state index is 13.8. The van der Waals surface area contributed by atoms with E-state index >= 15 is 0 Å². The maximum Gasteiger partial charge on any atom is 0.322 e.